The molecule has 0 radical (unpaired) electrons. The molecule has 0 aliphatic carbocycles. The average Bonchev–Trinajstić information content (AvgIpc) is 2.15. The van der Waals surface area contributed by atoms with Gasteiger partial charge in [-0.1, -0.05) is 6.07 Å². The van der Waals surface area contributed by atoms with Crippen LogP contribution in [-0.4, -0.2) is 33.0 Å². The highest BCUT2D eigenvalue weighted by Gasteiger charge is 2.17. The van der Waals surface area contributed by atoms with Crippen LogP contribution in [0.1, 0.15) is 17.2 Å². The summed E-state index contributed by atoms with van der Waals surface area (Å²) in [6, 6.07) is 1.72. The minimum atomic E-state index is -1.15. The monoisotopic (exact) mass is 183 g/mol. The third-order valence-corrected chi connectivity index (χ3v) is 1.79. The average molecular weight is 183 g/mol. The number of aromatic nitrogens is 1. The fraction of sp³-hybridized carbons (Fsp3) is 0.444. The normalized spacial score (nSPS) is 15.4. The summed E-state index contributed by atoms with van der Waals surface area (Å²) >= 11 is 0. The summed E-state index contributed by atoms with van der Waals surface area (Å²) in [7, 11) is 0. The molecular formula is C9H13NO3. The molecule has 1 heterocycles. The summed E-state index contributed by atoms with van der Waals surface area (Å²) in [5, 5.41) is 27.2. The van der Waals surface area contributed by atoms with Crippen molar-refractivity contribution in [3.8, 4) is 0 Å². The molecule has 0 aliphatic heterocycles. The van der Waals surface area contributed by atoms with Crippen LogP contribution < -0.4 is 0 Å². The lowest BCUT2D eigenvalue weighted by atomic mass is 10.1. The Morgan fingerprint density at radius 1 is 1.38 bits per heavy atom. The Labute approximate surface area is 76.5 Å². The lowest BCUT2D eigenvalue weighted by Crippen LogP contribution is -2.22. The van der Waals surface area contributed by atoms with Crippen LogP contribution in [0.25, 0.3) is 0 Å². The molecule has 4 nitrogen and oxygen atoms in total. The number of pyridine rings is 1. The summed E-state index contributed by atoms with van der Waals surface area (Å²) in [6.45, 7) is 1.38. The number of aliphatic hydroxyl groups excluding tert-OH is 3. The second-order valence-electron chi connectivity index (χ2n) is 2.99. The Morgan fingerprint density at radius 2 is 2.08 bits per heavy atom. The lowest BCUT2D eigenvalue weighted by Gasteiger charge is -2.15. The molecule has 1 rings (SSSR count). The van der Waals surface area contributed by atoms with Crippen LogP contribution in [0.2, 0.25) is 0 Å². The first-order chi connectivity index (χ1) is 6.15. The second kappa shape index (κ2) is 4.32. The van der Waals surface area contributed by atoms with E-state index in [1.54, 1.807) is 12.3 Å². The fourth-order valence-electron chi connectivity index (χ4n) is 1.06. The van der Waals surface area contributed by atoms with Gasteiger partial charge in [0.2, 0.25) is 0 Å². The third-order valence-electron chi connectivity index (χ3n) is 1.79. The highest BCUT2D eigenvalue weighted by Crippen LogP contribution is 2.16. The zero-order chi connectivity index (χ0) is 9.84. The Bertz CT molecular complexity index is 277. The minimum absolute atomic E-state index is 0.463. The van der Waals surface area contributed by atoms with E-state index >= 15 is 0 Å². The molecule has 1 aromatic rings. The maximum Gasteiger partial charge on any atom is 0.109 e. The maximum atomic E-state index is 9.46. The zero-order valence-corrected chi connectivity index (χ0v) is 7.38. The van der Waals surface area contributed by atoms with E-state index in [0.717, 1.165) is 5.56 Å². The molecule has 3 N–H and O–H groups in total. The molecule has 0 spiro atoms. The van der Waals surface area contributed by atoms with Gasteiger partial charge < -0.3 is 15.3 Å². The standard InChI is InChI=1S/C9H13NO3/c1-6-2-7(4-10-3-6)9(13)8(12)5-11/h2-4,8-9,11-13H,5H2,1H3. The quantitative estimate of drug-likeness (QED) is 0.605. The van der Waals surface area contributed by atoms with Crippen LogP contribution in [-0.2, 0) is 0 Å². The molecule has 1 aromatic heterocycles. The van der Waals surface area contributed by atoms with Crippen LogP contribution in [0.3, 0.4) is 0 Å². The van der Waals surface area contributed by atoms with E-state index in [9.17, 15) is 5.11 Å². The molecule has 0 saturated heterocycles. The largest absolute Gasteiger partial charge is 0.394 e. The molecule has 13 heavy (non-hydrogen) atoms. The SMILES string of the molecule is Cc1cncc(C(O)C(O)CO)c1. The Hall–Kier alpha value is -0.970. The fourth-order valence-corrected chi connectivity index (χ4v) is 1.06. The molecule has 2 atom stereocenters. The van der Waals surface area contributed by atoms with Gasteiger partial charge >= 0.3 is 0 Å². The first kappa shape index (κ1) is 10.1. The van der Waals surface area contributed by atoms with Crippen LogP contribution in [0.5, 0.6) is 0 Å². The van der Waals surface area contributed by atoms with Crippen LogP contribution in [0.15, 0.2) is 18.5 Å². The van der Waals surface area contributed by atoms with Gasteiger partial charge in [0.05, 0.1) is 6.61 Å². The summed E-state index contributed by atoms with van der Waals surface area (Å²) in [5.74, 6) is 0. The van der Waals surface area contributed by atoms with Gasteiger partial charge in [0, 0.05) is 18.0 Å². The molecule has 0 saturated carbocycles. The molecule has 0 aliphatic rings. The third kappa shape index (κ3) is 2.48. The molecule has 0 aromatic carbocycles. The van der Waals surface area contributed by atoms with Crippen molar-refractivity contribution in [3.63, 3.8) is 0 Å². The van der Waals surface area contributed by atoms with Crippen LogP contribution in [0, 0.1) is 6.92 Å². The molecule has 0 fully saturated rings. The Morgan fingerprint density at radius 3 is 2.62 bits per heavy atom. The second-order valence-corrected chi connectivity index (χ2v) is 2.99. The topological polar surface area (TPSA) is 73.6 Å². The van der Waals surface area contributed by atoms with Gasteiger partial charge in [-0.3, -0.25) is 4.98 Å². The predicted octanol–water partition coefficient (Wildman–Crippen LogP) is -0.223. The number of rotatable bonds is 3. The van der Waals surface area contributed by atoms with Crippen molar-refractivity contribution in [2.45, 2.75) is 19.1 Å². The maximum absolute atomic E-state index is 9.46. The van der Waals surface area contributed by atoms with Crippen molar-refractivity contribution in [2.75, 3.05) is 6.61 Å². The van der Waals surface area contributed by atoms with Crippen molar-refractivity contribution in [1.82, 2.24) is 4.98 Å². The highest BCUT2D eigenvalue weighted by atomic mass is 16.4. The zero-order valence-electron chi connectivity index (χ0n) is 7.38. The number of aliphatic hydroxyl groups is 3. The summed E-state index contributed by atoms with van der Waals surface area (Å²) in [4.78, 5) is 3.87. The van der Waals surface area contributed by atoms with Crippen LogP contribution in [0.4, 0.5) is 0 Å². The molecule has 72 valence electrons. The minimum Gasteiger partial charge on any atom is -0.394 e. The summed E-state index contributed by atoms with van der Waals surface area (Å²) in [6.07, 6.45) is 0.902. The Kier molecular flexibility index (Phi) is 3.36. The van der Waals surface area contributed by atoms with Gasteiger partial charge in [-0.2, -0.15) is 0 Å². The van der Waals surface area contributed by atoms with E-state index in [1.165, 1.54) is 6.20 Å². The number of hydrogen-bond acceptors (Lipinski definition) is 4. The van der Waals surface area contributed by atoms with Crippen molar-refractivity contribution in [1.29, 1.82) is 0 Å². The van der Waals surface area contributed by atoms with Gasteiger partial charge in [-0.15, -0.1) is 0 Å². The van der Waals surface area contributed by atoms with Crippen molar-refractivity contribution in [2.24, 2.45) is 0 Å². The van der Waals surface area contributed by atoms with Crippen molar-refractivity contribution < 1.29 is 15.3 Å². The van der Waals surface area contributed by atoms with Gasteiger partial charge in [-0.25, -0.2) is 0 Å². The number of hydrogen-bond donors (Lipinski definition) is 3. The first-order valence-electron chi connectivity index (χ1n) is 4.03. The summed E-state index contributed by atoms with van der Waals surface area (Å²) < 4.78 is 0. The predicted molar refractivity (Wildman–Crippen MR) is 47.0 cm³/mol. The van der Waals surface area contributed by atoms with E-state index in [1.807, 2.05) is 6.92 Å². The van der Waals surface area contributed by atoms with E-state index < -0.39 is 18.8 Å². The van der Waals surface area contributed by atoms with Gasteiger partial charge in [-0.05, 0) is 12.5 Å². The molecule has 2 unspecified atom stereocenters. The van der Waals surface area contributed by atoms with Crippen LogP contribution >= 0.6 is 0 Å². The summed E-state index contributed by atoms with van der Waals surface area (Å²) in [5.41, 5.74) is 1.42. The van der Waals surface area contributed by atoms with E-state index in [2.05, 4.69) is 4.98 Å². The highest BCUT2D eigenvalue weighted by molar-refractivity contribution is 5.19. The van der Waals surface area contributed by atoms with Gasteiger partial charge in [0.15, 0.2) is 0 Å². The molecule has 0 amide bonds. The molecule has 4 heteroatoms. The van der Waals surface area contributed by atoms with E-state index in [0.29, 0.717) is 5.56 Å². The van der Waals surface area contributed by atoms with E-state index in [-0.39, 0.29) is 0 Å². The van der Waals surface area contributed by atoms with E-state index in [4.69, 9.17) is 10.2 Å². The first-order valence-corrected chi connectivity index (χ1v) is 4.03. The lowest BCUT2D eigenvalue weighted by molar-refractivity contribution is -0.0154. The van der Waals surface area contributed by atoms with Crippen molar-refractivity contribution in [3.05, 3.63) is 29.6 Å². The van der Waals surface area contributed by atoms with Gasteiger partial charge in [0.1, 0.15) is 12.2 Å². The van der Waals surface area contributed by atoms with Gasteiger partial charge in [0.25, 0.3) is 0 Å². The molecular weight excluding hydrogens is 170 g/mol. The number of aryl methyl sites for hydroxylation is 1. The number of nitrogens with zero attached hydrogens (tertiary/aromatic N) is 1. The molecule has 0 bridgehead atoms. The smallest absolute Gasteiger partial charge is 0.109 e. The van der Waals surface area contributed by atoms with Crippen molar-refractivity contribution >= 4 is 0 Å². The Balaban J connectivity index is 2.82.